The Morgan fingerprint density at radius 1 is 0.524 bits per heavy atom. The largest absolute Gasteiger partial charge is 0.507 e. The topological polar surface area (TPSA) is 50.9 Å². The second-order valence-electron chi connectivity index (χ2n) is 18.6. The number of hydrogen-bond acceptors (Lipinski definition) is 3. The second-order valence-corrected chi connectivity index (χ2v) is 18.6. The summed E-state index contributed by atoms with van der Waals surface area (Å²) in [5.41, 5.74) is 18.0. The fourth-order valence-corrected chi connectivity index (χ4v) is 8.39. The second kappa shape index (κ2) is 17.1. The van der Waals surface area contributed by atoms with Crippen molar-refractivity contribution in [2.45, 2.75) is 66.2 Å². The number of aryl methyl sites for hydroxylation is 2. The summed E-state index contributed by atoms with van der Waals surface area (Å²) >= 11 is 0. The smallest absolute Gasteiger partial charge is 0.148 e. The normalized spacial score (nSPS) is 11.7. The van der Waals surface area contributed by atoms with E-state index in [0.717, 1.165) is 72.5 Å². The fourth-order valence-electron chi connectivity index (χ4n) is 8.39. The fraction of sp³-hybridized carbons (Fsp3) is 0.172. The van der Waals surface area contributed by atoms with Gasteiger partial charge < -0.3 is 5.11 Å². The Morgan fingerprint density at radius 2 is 1.11 bits per heavy atom. The molecule has 0 spiro atoms. The predicted molar refractivity (Wildman–Crippen MR) is 259 cm³/mol. The van der Waals surface area contributed by atoms with E-state index in [9.17, 15) is 5.11 Å². The molecule has 9 rings (SSSR count). The molecule has 0 bridgehead atoms. The van der Waals surface area contributed by atoms with Crippen LogP contribution in [0.15, 0.2) is 164 Å². The predicted octanol–water partition coefficient (Wildman–Crippen LogP) is 15.1. The molecule has 63 heavy (non-hydrogen) atoms. The third-order valence-corrected chi connectivity index (χ3v) is 11.9. The number of imidazole rings is 1. The van der Waals surface area contributed by atoms with E-state index in [4.69, 9.17) is 9.97 Å². The van der Waals surface area contributed by atoms with Crippen LogP contribution in [0.3, 0.4) is 0 Å². The van der Waals surface area contributed by atoms with Gasteiger partial charge in [0.15, 0.2) is 0 Å². The molecule has 2 heterocycles. The summed E-state index contributed by atoms with van der Waals surface area (Å²) in [6.07, 6.45) is 1.90. The number of para-hydroxylation sites is 1. The van der Waals surface area contributed by atoms with Gasteiger partial charge in [0.25, 0.3) is 0 Å². The molecule has 0 aliphatic rings. The summed E-state index contributed by atoms with van der Waals surface area (Å²) in [6, 6.07) is 59.6. The van der Waals surface area contributed by atoms with E-state index in [0.29, 0.717) is 11.4 Å². The minimum Gasteiger partial charge on any atom is -0.507 e. The maximum Gasteiger partial charge on any atom is 0.148 e. The van der Waals surface area contributed by atoms with Gasteiger partial charge in [-0.05, 0) is 105 Å². The summed E-state index contributed by atoms with van der Waals surface area (Å²) in [7, 11) is 0. The van der Waals surface area contributed by atoms with Gasteiger partial charge in [-0.25, -0.2) is 4.98 Å². The van der Waals surface area contributed by atoms with E-state index < -0.39 is 0 Å². The van der Waals surface area contributed by atoms with Gasteiger partial charge in [0.2, 0.25) is 0 Å². The molecular formula is C58H52N3OPt-. The molecule has 0 saturated heterocycles. The number of fused-ring (bicyclic) bond motifs is 1. The van der Waals surface area contributed by atoms with Crippen LogP contribution in [0.2, 0.25) is 0 Å². The molecular weight excluding hydrogens is 950 g/mol. The summed E-state index contributed by atoms with van der Waals surface area (Å²) < 4.78 is 2.23. The van der Waals surface area contributed by atoms with Gasteiger partial charge in [-0.15, -0.1) is 29.3 Å². The quantitative estimate of drug-likeness (QED) is 0.162. The molecule has 9 aromatic rings. The molecule has 0 saturated carbocycles. The van der Waals surface area contributed by atoms with Crippen molar-refractivity contribution in [3.63, 3.8) is 0 Å². The zero-order valence-electron chi connectivity index (χ0n) is 37.2. The van der Waals surface area contributed by atoms with E-state index >= 15 is 0 Å². The molecule has 0 amide bonds. The molecule has 0 aliphatic carbocycles. The Labute approximate surface area is 386 Å². The summed E-state index contributed by atoms with van der Waals surface area (Å²) in [4.78, 5) is 10.4. The Bertz CT molecular complexity index is 3100. The molecule has 2 aromatic heterocycles. The van der Waals surface area contributed by atoms with Gasteiger partial charge in [0, 0.05) is 38.6 Å². The number of hydrogen-bond donors (Lipinski definition) is 1. The van der Waals surface area contributed by atoms with E-state index in [-0.39, 0.29) is 37.6 Å². The van der Waals surface area contributed by atoms with Gasteiger partial charge >= 0.3 is 0 Å². The Hall–Kier alpha value is -6.35. The van der Waals surface area contributed by atoms with Crippen LogP contribution in [0.1, 0.15) is 63.8 Å². The minimum absolute atomic E-state index is 0. The third kappa shape index (κ3) is 8.70. The van der Waals surface area contributed by atoms with Crippen LogP contribution in [0, 0.1) is 19.9 Å². The SMILES string of the molecule is Cc1cc(C)c(O)c(-c2nc3c(-c4[c-]c(-c5cc(-c6ccc(-c7ccccc7)cc6)ccn5)cc(C(C)(C)C)c4)cccc3n2-c2cc(-c3ccccc3)cc(C(C)(C)C)c2)c1.[Pt]. The van der Waals surface area contributed by atoms with Gasteiger partial charge in [-0.1, -0.05) is 168 Å². The van der Waals surface area contributed by atoms with Crippen LogP contribution in [-0.4, -0.2) is 19.6 Å². The maximum absolute atomic E-state index is 11.8. The number of aromatic nitrogens is 3. The van der Waals surface area contributed by atoms with Crippen molar-refractivity contribution in [2.24, 2.45) is 0 Å². The van der Waals surface area contributed by atoms with Crippen molar-refractivity contribution in [3.8, 4) is 78.6 Å². The van der Waals surface area contributed by atoms with Crippen LogP contribution in [0.25, 0.3) is 83.9 Å². The zero-order valence-corrected chi connectivity index (χ0v) is 39.5. The third-order valence-electron chi connectivity index (χ3n) is 11.9. The van der Waals surface area contributed by atoms with E-state index in [1.54, 1.807) is 0 Å². The van der Waals surface area contributed by atoms with Crippen molar-refractivity contribution in [1.82, 2.24) is 14.5 Å². The molecule has 0 fully saturated rings. The Morgan fingerprint density at radius 3 is 1.76 bits per heavy atom. The monoisotopic (exact) mass is 1000 g/mol. The first kappa shape index (κ1) is 43.3. The summed E-state index contributed by atoms with van der Waals surface area (Å²) in [5, 5.41) is 11.8. The van der Waals surface area contributed by atoms with Crippen LogP contribution in [0.5, 0.6) is 5.75 Å². The number of pyridine rings is 1. The van der Waals surface area contributed by atoms with Crippen molar-refractivity contribution < 1.29 is 26.2 Å². The average molecular weight is 1000 g/mol. The molecule has 0 atom stereocenters. The van der Waals surface area contributed by atoms with Crippen molar-refractivity contribution in [1.29, 1.82) is 0 Å². The first-order valence-electron chi connectivity index (χ1n) is 21.5. The van der Waals surface area contributed by atoms with E-state index in [1.165, 1.54) is 22.3 Å². The van der Waals surface area contributed by atoms with Crippen LogP contribution in [0.4, 0.5) is 0 Å². The van der Waals surface area contributed by atoms with E-state index in [1.807, 2.05) is 31.3 Å². The summed E-state index contributed by atoms with van der Waals surface area (Å²) in [5.74, 6) is 0.912. The number of phenols is 1. The standard InChI is InChI=1S/C58H52N3O.Pt/c1-37-28-38(2)55(62)51(29-37)56-60-54-50(20-15-21-53(54)61(56)49-34-44(40-18-13-10-14-19-40)31-48(36-49)58(6,7)8)45-30-46(33-47(32-45)57(3,4)5)52-35-43(26-27-59-52)42-24-22-41(23-25-42)39-16-11-9-12-17-39;/h9-29,31-36,62H,1-8H3;/q-1;. The molecule has 0 unspecified atom stereocenters. The van der Waals surface area contributed by atoms with Crippen LogP contribution < -0.4 is 0 Å². The van der Waals surface area contributed by atoms with Crippen LogP contribution in [-0.2, 0) is 31.9 Å². The van der Waals surface area contributed by atoms with Gasteiger partial charge in [0.05, 0.1) is 16.6 Å². The number of aromatic hydroxyl groups is 1. The van der Waals surface area contributed by atoms with Gasteiger partial charge in [0.1, 0.15) is 11.6 Å². The Balaban J connectivity index is 0.00000544. The Kier molecular flexibility index (Phi) is 11.7. The number of nitrogens with zero attached hydrogens (tertiary/aromatic N) is 3. The zero-order chi connectivity index (χ0) is 43.3. The average Bonchev–Trinajstić information content (AvgIpc) is 3.67. The number of benzene rings is 7. The first-order valence-corrected chi connectivity index (χ1v) is 21.5. The van der Waals surface area contributed by atoms with Crippen molar-refractivity contribution in [3.05, 3.63) is 192 Å². The molecule has 7 aromatic carbocycles. The van der Waals surface area contributed by atoms with Crippen LogP contribution >= 0.6 is 0 Å². The minimum atomic E-state index is -0.159. The van der Waals surface area contributed by atoms with Crippen molar-refractivity contribution in [2.75, 3.05) is 0 Å². The summed E-state index contributed by atoms with van der Waals surface area (Å²) in [6.45, 7) is 17.5. The maximum atomic E-state index is 11.8. The molecule has 0 radical (unpaired) electrons. The molecule has 0 aliphatic heterocycles. The number of rotatable bonds is 7. The molecule has 5 heteroatoms. The van der Waals surface area contributed by atoms with E-state index in [2.05, 4.69) is 199 Å². The van der Waals surface area contributed by atoms with Gasteiger partial charge in [-0.2, -0.15) is 0 Å². The van der Waals surface area contributed by atoms with Crippen molar-refractivity contribution >= 4 is 11.0 Å². The van der Waals surface area contributed by atoms with Gasteiger partial charge in [-0.3, -0.25) is 9.55 Å². The number of phenolic OH excluding ortho intramolecular Hbond substituents is 1. The molecule has 1 N–H and O–H groups in total. The first-order chi connectivity index (χ1) is 29.7. The molecule has 4 nitrogen and oxygen atoms in total. The molecule has 316 valence electrons.